The number of furan rings is 1. The van der Waals surface area contributed by atoms with Crippen molar-refractivity contribution in [2.24, 2.45) is 5.10 Å². The molecule has 0 aliphatic heterocycles. The summed E-state index contributed by atoms with van der Waals surface area (Å²) in [7, 11) is 0. The Morgan fingerprint density at radius 1 is 1.35 bits per heavy atom. The third kappa shape index (κ3) is 4.69. The Balaban J connectivity index is 1.75. The first-order valence-electron chi connectivity index (χ1n) is 5.90. The van der Waals surface area contributed by atoms with Crippen LogP contribution in [0.3, 0.4) is 0 Å². The number of hydrazone groups is 1. The summed E-state index contributed by atoms with van der Waals surface area (Å²) in [5.41, 5.74) is 3.50. The van der Waals surface area contributed by atoms with Gasteiger partial charge in [-0.3, -0.25) is 4.79 Å². The summed E-state index contributed by atoms with van der Waals surface area (Å²) in [4.78, 5) is 11.5. The standard InChI is InChI=1S/C14H13IN2O3/c1-10-2-4-11(5-3-10)19-9-14(18)17-16-8-12-6-7-13(15)20-12/h2-8H,9H2,1H3,(H,17,18)/b16-8-. The molecule has 104 valence electrons. The van der Waals surface area contributed by atoms with Crippen LogP contribution >= 0.6 is 22.6 Å². The lowest BCUT2D eigenvalue weighted by Crippen LogP contribution is -2.24. The van der Waals surface area contributed by atoms with E-state index in [1.165, 1.54) is 6.21 Å². The van der Waals surface area contributed by atoms with Gasteiger partial charge in [-0.15, -0.1) is 0 Å². The number of halogens is 1. The van der Waals surface area contributed by atoms with Gasteiger partial charge < -0.3 is 9.15 Å². The molecule has 0 unspecified atom stereocenters. The van der Waals surface area contributed by atoms with Gasteiger partial charge in [0.2, 0.25) is 0 Å². The van der Waals surface area contributed by atoms with Crippen molar-refractivity contribution < 1.29 is 13.9 Å². The van der Waals surface area contributed by atoms with E-state index < -0.39 is 0 Å². The molecule has 0 atom stereocenters. The minimum Gasteiger partial charge on any atom is -0.484 e. The maximum Gasteiger partial charge on any atom is 0.277 e. The van der Waals surface area contributed by atoms with Crippen molar-refractivity contribution in [3.63, 3.8) is 0 Å². The number of nitrogens with one attached hydrogen (secondary N) is 1. The predicted octanol–water partition coefficient (Wildman–Crippen LogP) is 2.72. The Bertz CT molecular complexity index is 605. The van der Waals surface area contributed by atoms with Gasteiger partial charge in [0.25, 0.3) is 5.91 Å². The fourth-order valence-corrected chi connectivity index (χ4v) is 1.82. The van der Waals surface area contributed by atoms with Crippen LogP contribution in [0.1, 0.15) is 11.3 Å². The highest BCUT2D eigenvalue weighted by Gasteiger charge is 2.01. The van der Waals surface area contributed by atoms with E-state index in [1.54, 1.807) is 6.07 Å². The topological polar surface area (TPSA) is 63.8 Å². The Labute approximate surface area is 130 Å². The molecule has 1 heterocycles. The van der Waals surface area contributed by atoms with Gasteiger partial charge in [-0.25, -0.2) is 5.43 Å². The zero-order chi connectivity index (χ0) is 14.4. The first-order chi connectivity index (χ1) is 9.63. The highest BCUT2D eigenvalue weighted by atomic mass is 127. The van der Waals surface area contributed by atoms with Crippen LogP contribution in [0.4, 0.5) is 0 Å². The van der Waals surface area contributed by atoms with E-state index in [0.717, 1.165) is 9.33 Å². The number of rotatable bonds is 5. The average molecular weight is 384 g/mol. The second-order valence-corrected chi connectivity index (χ2v) is 5.10. The smallest absolute Gasteiger partial charge is 0.277 e. The van der Waals surface area contributed by atoms with Crippen LogP contribution in [-0.2, 0) is 4.79 Å². The van der Waals surface area contributed by atoms with E-state index >= 15 is 0 Å². The summed E-state index contributed by atoms with van der Waals surface area (Å²) in [6.45, 7) is 1.90. The van der Waals surface area contributed by atoms with Crippen LogP contribution in [-0.4, -0.2) is 18.7 Å². The molecule has 2 rings (SSSR count). The molecule has 20 heavy (non-hydrogen) atoms. The van der Waals surface area contributed by atoms with Crippen LogP contribution in [0.15, 0.2) is 45.9 Å². The summed E-state index contributed by atoms with van der Waals surface area (Å²) in [5.74, 6) is 0.896. The predicted molar refractivity (Wildman–Crippen MR) is 83.8 cm³/mol. The molecule has 2 aromatic rings. The number of benzene rings is 1. The molecule has 1 N–H and O–H groups in total. The lowest BCUT2D eigenvalue weighted by molar-refractivity contribution is -0.123. The third-order valence-corrected chi connectivity index (χ3v) is 2.95. The molecule has 0 saturated heterocycles. The molecule has 6 heteroatoms. The summed E-state index contributed by atoms with van der Waals surface area (Å²) < 4.78 is 11.3. The van der Waals surface area contributed by atoms with Gasteiger partial charge in [-0.2, -0.15) is 5.10 Å². The van der Waals surface area contributed by atoms with E-state index in [4.69, 9.17) is 9.15 Å². The fourth-order valence-electron chi connectivity index (χ4n) is 1.38. The number of ether oxygens (including phenoxy) is 1. The highest BCUT2D eigenvalue weighted by molar-refractivity contribution is 14.1. The molecule has 1 aromatic heterocycles. The number of amides is 1. The molecule has 0 radical (unpaired) electrons. The number of carbonyl (C=O) groups is 1. The van der Waals surface area contributed by atoms with Crippen molar-refractivity contribution >= 4 is 34.7 Å². The molecular formula is C14H13IN2O3. The summed E-state index contributed by atoms with van der Waals surface area (Å²) >= 11 is 2.05. The van der Waals surface area contributed by atoms with Gasteiger partial charge in [0.1, 0.15) is 11.5 Å². The Morgan fingerprint density at radius 2 is 2.10 bits per heavy atom. The third-order valence-electron chi connectivity index (χ3n) is 2.37. The van der Waals surface area contributed by atoms with Gasteiger partial charge in [0.05, 0.1) is 6.21 Å². The summed E-state index contributed by atoms with van der Waals surface area (Å²) in [5, 5.41) is 3.78. The van der Waals surface area contributed by atoms with Crippen molar-refractivity contribution in [1.29, 1.82) is 0 Å². The van der Waals surface area contributed by atoms with E-state index in [0.29, 0.717) is 11.5 Å². The molecule has 0 saturated carbocycles. The van der Waals surface area contributed by atoms with Crippen molar-refractivity contribution in [2.75, 3.05) is 6.61 Å². The van der Waals surface area contributed by atoms with Gasteiger partial charge in [0, 0.05) is 0 Å². The van der Waals surface area contributed by atoms with E-state index in [-0.39, 0.29) is 12.5 Å². The van der Waals surface area contributed by atoms with Crippen LogP contribution in [0.5, 0.6) is 5.75 Å². The van der Waals surface area contributed by atoms with Crippen LogP contribution in [0.25, 0.3) is 0 Å². The quantitative estimate of drug-likeness (QED) is 0.490. The normalized spacial score (nSPS) is 10.7. The molecule has 0 bridgehead atoms. The zero-order valence-corrected chi connectivity index (χ0v) is 13.0. The number of aryl methyl sites for hydroxylation is 1. The lowest BCUT2D eigenvalue weighted by Gasteiger charge is -2.04. The molecule has 1 amide bonds. The molecule has 0 spiro atoms. The zero-order valence-electron chi connectivity index (χ0n) is 10.8. The van der Waals surface area contributed by atoms with Crippen molar-refractivity contribution in [3.8, 4) is 5.75 Å². The van der Waals surface area contributed by atoms with Gasteiger partial charge in [0.15, 0.2) is 10.4 Å². The minimum absolute atomic E-state index is 0.0872. The fraction of sp³-hybridized carbons (Fsp3) is 0.143. The van der Waals surface area contributed by atoms with Gasteiger partial charge in [-0.05, 0) is 53.8 Å². The van der Waals surface area contributed by atoms with E-state index in [1.807, 2.05) is 37.3 Å². The number of carbonyl (C=O) groups excluding carboxylic acids is 1. The van der Waals surface area contributed by atoms with Crippen molar-refractivity contribution in [3.05, 3.63) is 51.5 Å². The number of hydrogen-bond acceptors (Lipinski definition) is 4. The van der Waals surface area contributed by atoms with Gasteiger partial charge >= 0.3 is 0 Å². The minimum atomic E-state index is -0.330. The van der Waals surface area contributed by atoms with Crippen LogP contribution < -0.4 is 10.2 Å². The van der Waals surface area contributed by atoms with E-state index in [9.17, 15) is 4.79 Å². The first-order valence-corrected chi connectivity index (χ1v) is 6.98. The summed E-state index contributed by atoms with van der Waals surface area (Å²) in [6.07, 6.45) is 1.44. The SMILES string of the molecule is Cc1ccc(OCC(=O)N/N=C\c2ccc(I)o2)cc1. The molecule has 0 fully saturated rings. The average Bonchev–Trinajstić information content (AvgIpc) is 2.84. The maximum absolute atomic E-state index is 11.5. The Kier molecular flexibility index (Phi) is 5.16. The molecule has 1 aromatic carbocycles. The monoisotopic (exact) mass is 384 g/mol. The lowest BCUT2D eigenvalue weighted by atomic mass is 10.2. The van der Waals surface area contributed by atoms with Crippen molar-refractivity contribution in [2.45, 2.75) is 6.92 Å². The van der Waals surface area contributed by atoms with Crippen molar-refractivity contribution in [1.82, 2.24) is 5.43 Å². The van der Waals surface area contributed by atoms with Crippen LogP contribution in [0, 0.1) is 10.7 Å². The number of hydrogen-bond donors (Lipinski definition) is 1. The first kappa shape index (κ1) is 14.6. The largest absolute Gasteiger partial charge is 0.484 e. The second kappa shape index (κ2) is 7.09. The number of nitrogens with zero attached hydrogens (tertiary/aromatic N) is 1. The van der Waals surface area contributed by atoms with Crippen LogP contribution in [0.2, 0.25) is 0 Å². The molecule has 0 aliphatic rings. The summed E-state index contributed by atoms with van der Waals surface area (Å²) in [6, 6.07) is 11.0. The molecule has 0 aliphatic carbocycles. The second-order valence-electron chi connectivity index (χ2n) is 4.04. The molecule has 5 nitrogen and oxygen atoms in total. The van der Waals surface area contributed by atoms with E-state index in [2.05, 4.69) is 33.1 Å². The Hall–Kier alpha value is -1.83. The highest BCUT2D eigenvalue weighted by Crippen LogP contribution is 2.11. The van der Waals surface area contributed by atoms with Gasteiger partial charge in [-0.1, -0.05) is 17.7 Å². The maximum atomic E-state index is 11.5. The molecular weight excluding hydrogens is 371 g/mol. The Morgan fingerprint density at radius 3 is 2.75 bits per heavy atom.